The molecule has 1 aliphatic rings. The maximum Gasteiger partial charge on any atom is 0.416 e. The second-order valence-corrected chi connectivity index (χ2v) is 6.75. The Kier molecular flexibility index (Phi) is 6.04. The largest absolute Gasteiger partial charge is 0.416 e. The molecule has 1 fully saturated rings. The molecule has 1 amide bonds. The Bertz CT molecular complexity index is 839. The van der Waals surface area contributed by atoms with Crippen LogP contribution in [0.5, 0.6) is 0 Å². The number of hydrogen-bond donors (Lipinski definition) is 1. The summed E-state index contributed by atoms with van der Waals surface area (Å²) >= 11 is 0. The van der Waals surface area contributed by atoms with Crippen molar-refractivity contribution in [3.05, 3.63) is 65.7 Å². The van der Waals surface area contributed by atoms with Crippen molar-refractivity contribution in [2.75, 3.05) is 43.4 Å². The van der Waals surface area contributed by atoms with Gasteiger partial charge in [0.1, 0.15) is 0 Å². The molecule has 0 aromatic heterocycles. The zero-order chi connectivity index (χ0) is 20.1. The first-order chi connectivity index (χ1) is 13.3. The molecule has 1 N–H and O–H groups in total. The quantitative estimate of drug-likeness (QED) is 0.800. The zero-order valence-corrected chi connectivity index (χ0v) is 15.5. The van der Waals surface area contributed by atoms with E-state index in [1.54, 1.807) is 0 Å². The number of para-hydroxylation sites is 2. The number of nitrogens with one attached hydrogen (secondary N) is 1. The van der Waals surface area contributed by atoms with E-state index in [-0.39, 0.29) is 5.91 Å². The summed E-state index contributed by atoms with van der Waals surface area (Å²) in [7, 11) is 2.08. The van der Waals surface area contributed by atoms with Crippen LogP contribution in [0, 0.1) is 0 Å². The number of carbonyl (C=O) groups excluding carboxylic acids is 1. The minimum Gasteiger partial charge on any atom is -0.367 e. The summed E-state index contributed by atoms with van der Waals surface area (Å²) in [5.41, 5.74) is 1.49. The second kappa shape index (κ2) is 8.48. The van der Waals surface area contributed by atoms with Crippen LogP contribution in [0.25, 0.3) is 6.08 Å². The van der Waals surface area contributed by atoms with Gasteiger partial charge in [0, 0.05) is 32.3 Å². The van der Waals surface area contributed by atoms with Crippen molar-refractivity contribution in [2.24, 2.45) is 0 Å². The summed E-state index contributed by atoms with van der Waals surface area (Å²) in [5.74, 6) is -0.332. The minimum absolute atomic E-state index is 0.332. The summed E-state index contributed by atoms with van der Waals surface area (Å²) in [6.45, 7) is 3.67. The highest BCUT2D eigenvalue weighted by atomic mass is 19.4. The van der Waals surface area contributed by atoms with Crippen LogP contribution >= 0.6 is 0 Å². The number of anilines is 2. The highest BCUT2D eigenvalue weighted by Crippen LogP contribution is 2.29. The van der Waals surface area contributed by atoms with Gasteiger partial charge < -0.3 is 15.1 Å². The van der Waals surface area contributed by atoms with Crippen LogP contribution in [-0.2, 0) is 11.0 Å². The molecule has 28 heavy (non-hydrogen) atoms. The molecule has 2 aromatic rings. The Morgan fingerprint density at radius 2 is 1.64 bits per heavy atom. The van der Waals surface area contributed by atoms with Crippen LogP contribution < -0.4 is 10.2 Å². The van der Waals surface area contributed by atoms with Gasteiger partial charge in [0.05, 0.1) is 16.9 Å². The van der Waals surface area contributed by atoms with E-state index in [0.717, 1.165) is 44.0 Å². The lowest BCUT2D eigenvalue weighted by Gasteiger charge is -2.35. The van der Waals surface area contributed by atoms with Crippen LogP contribution in [0.15, 0.2) is 54.6 Å². The van der Waals surface area contributed by atoms with Crippen LogP contribution in [0.4, 0.5) is 24.5 Å². The number of amides is 1. The van der Waals surface area contributed by atoms with E-state index in [2.05, 4.69) is 22.2 Å². The van der Waals surface area contributed by atoms with E-state index in [1.165, 1.54) is 24.3 Å². The first-order valence-electron chi connectivity index (χ1n) is 9.02. The number of halogens is 3. The molecule has 0 unspecified atom stereocenters. The number of nitrogens with zero attached hydrogens (tertiary/aromatic N) is 2. The van der Waals surface area contributed by atoms with Crippen LogP contribution in [0.2, 0.25) is 0 Å². The van der Waals surface area contributed by atoms with Crippen LogP contribution in [0.1, 0.15) is 11.1 Å². The van der Waals surface area contributed by atoms with Crippen molar-refractivity contribution in [3.63, 3.8) is 0 Å². The molecular weight excluding hydrogens is 367 g/mol. The van der Waals surface area contributed by atoms with Crippen molar-refractivity contribution in [1.82, 2.24) is 4.90 Å². The van der Waals surface area contributed by atoms with Gasteiger partial charge in [-0.05, 0) is 43.0 Å². The van der Waals surface area contributed by atoms with Gasteiger partial charge in [-0.15, -0.1) is 0 Å². The molecule has 1 saturated heterocycles. The first-order valence-corrected chi connectivity index (χ1v) is 9.02. The minimum atomic E-state index is -4.37. The fourth-order valence-electron chi connectivity index (χ4n) is 3.03. The number of benzene rings is 2. The molecule has 3 rings (SSSR count). The number of alkyl halides is 3. The van der Waals surface area contributed by atoms with Gasteiger partial charge in [0.25, 0.3) is 0 Å². The SMILES string of the molecule is CN1CCN(c2ccccc2NC(=O)/C=C/c2ccc(C(F)(F)F)cc2)CC1. The third-order valence-electron chi connectivity index (χ3n) is 4.67. The Morgan fingerprint density at radius 1 is 1.00 bits per heavy atom. The normalized spacial score (nSPS) is 15.8. The molecule has 1 aliphatic heterocycles. The summed E-state index contributed by atoms with van der Waals surface area (Å²) in [6.07, 6.45) is -1.55. The van der Waals surface area contributed by atoms with Gasteiger partial charge in [0.2, 0.25) is 5.91 Å². The topological polar surface area (TPSA) is 35.6 Å². The van der Waals surface area contributed by atoms with Gasteiger partial charge in [0.15, 0.2) is 0 Å². The molecule has 0 radical (unpaired) electrons. The lowest BCUT2D eigenvalue weighted by molar-refractivity contribution is -0.137. The molecule has 0 saturated carbocycles. The number of rotatable bonds is 4. The van der Waals surface area contributed by atoms with E-state index in [4.69, 9.17) is 0 Å². The third-order valence-corrected chi connectivity index (χ3v) is 4.67. The van der Waals surface area contributed by atoms with Crippen molar-refractivity contribution in [3.8, 4) is 0 Å². The van der Waals surface area contributed by atoms with Crippen molar-refractivity contribution in [2.45, 2.75) is 6.18 Å². The molecule has 2 aromatic carbocycles. The number of piperazine rings is 1. The highest BCUT2D eigenvalue weighted by molar-refractivity contribution is 6.03. The van der Waals surface area contributed by atoms with Crippen molar-refractivity contribution < 1.29 is 18.0 Å². The molecule has 0 aliphatic carbocycles. The Labute approximate surface area is 162 Å². The first kappa shape index (κ1) is 19.9. The van der Waals surface area contributed by atoms with Gasteiger partial charge in [-0.3, -0.25) is 4.79 Å². The Morgan fingerprint density at radius 3 is 2.29 bits per heavy atom. The van der Waals surface area contributed by atoms with Crippen LogP contribution in [-0.4, -0.2) is 44.0 Å². The van der Waals surface area contributed by atoms with Gasteiger partial charge in [-0.25, -0.2) is 0 Å². The molecular formula is C21H22F3N3O. The monoisotopic (exact) mass is 389 g/mol. The smallest absolute Gasteiger partial charge is 0.367 e. The lowest BCUT2D eigenvalue weighted by Crippen LogP contribution is -2.44. The third kappa shape index (κ3) is 5.13. The average Bonchev–Trinajstić information content (AvgIpc) is 2.67. The van der Waals surface area contributed by atoms with E-state index >= 15 is 0 Å². The molecule has 0 bridgehead atoms. The molecule has 7 heteroatoms. The second-order valence-electron chi connectivity index (χ2n) is 6.75. The van der Waals surface area contributed by atoms with Crippen LogP contribution in [0.3, 0.4) is 0 Å². The Hall–Kier alpha value is -2.80. The Balaban J connectivity index is 1.66. The fourth-order valence-corrected chi connectivity index (χ4v) is 3.03. The molecule has 0 spiro atoms. The maximum absolute atomic E-state index is 12.6. The number of likely N-dealkylation sites (N-methyl/N-ethyl adjacent to an activating group) is 1. The zero-order valence-electron chi connectivity index (χ0n) is 15.5. The van der Waals surface area contributed by atoms with Gasteiger partial charge in [-0.1, -0.05) is 24.3 Å². The standard InChI is InChI=1S/C21H22F3N3O/c1-26-12-14-27(15-13-26)19-5-3-2-4-18(19)25-20(28)11-8-16-6-9-17(10-7-16)21(22,23)24/h2-11H,12-15H2,1H3,(H,25,28)/b11-8+. The van der Waals surface area contributed by atoms with E-state index in [9.17, 15) is 18.0 Å². The van der Waals surface area contributed by atoms with Gasteiger partial charge >= 0.3 is 6.18 Å². The maximum atomic E-state index is 12.6. The van der Waals surface area contributed by atoms with Crippen molar-refractivity contribution >= 4 is 23.4 Å². The molecule has 4 nitrogen and oxygen atoms in total. The average molecular weight is 389 g/mol. The molecule has 0 atom stereocenters. The summed E-state index contributed by atoms with van der Waals surface area (Å²) in [6, 6.07) is 12.3. The predicted molar refractivity (Wildman–Crippen MR) is 105 cm³/mol. The van der Waals surface area contributed by atoms with E-state index in [0.29, 0.717) is 11.3 Å². The predicted octanol–water partition coefficient (Wildman–Crippen LogP) is 4.11. The summed E-state index contributed by atoms with van der Waals surface area (Å²) in [4.78, 5) is 16.8. The fraction of sp³-hybridized carbons (Fsp3) is 0.286. The highest BCUT2D eigenvalue weighted by Gasteiger charge is 2.29. The summed E-state index contributed by atoms with van der Waals surface area (Å²) in [5, 5.41) is 2.86. The number of hydrogen-bond acceptors (Lipinski definition) is 3. The number of carbonyl (C=O) groups is 1. The molecule has 1 heterocycles. The van der Waals surface area contributed by atoms with E-state index < -0.39 is 11.7 Å². The summed E-state index contributed by atoms with van der Waals surface area (Å²) < 4.78 is 37.8. The van der Waals surface area contributed by atoms with Gasteiger partial charge in [-0.2, -0.15) is 13.2 Å². The molecule has 148 valence electrons. The van der Waals surface area contributed by atoms with E-state index in [1.807, 2.05) is 24.3 Å². The lowest BCUT2D eigenvalue weighted by atomic mass is 10.1. The van der Waals surface area contributed by atoms with Crippen molar-refractivity contribution in [1.29, 1.82) is 0 Å².